The van der Waals surface area contributed by atoms with Gasteiger partial charge in [0.25, 0.3) is 0 Å². The molecule has 0 aromatic carbocycles. The van der Waals surface area contributed by atoms with E-state index in [2.05, 4.69) is 24.2 Å². The van der Waals surface area contributed by atoms with Crippen LogP contribution in [0.1, 0.15) is 20.3 Å². The van der Waals surface area contributed by atoms with Crippen molar-refractivity contribution >= 4 is 0 Å². The van der Waals surface area contributed by atoms with Gasteiger partial charge in [-0.3, -0.25) is 10.7 Å². The number of nitrogens with two attached hydrogens (primary N) is 1. The molecule has 0 spiro atoms. The molecule has 1 heterocycles. The molecule has 0 radical (unpaired) electrons. The van der Waals surface area contributed by atoms with Crippen LogP contribution in [0.5, 0.6) is 0 Å². The maximum atomic E-state index is 5.26. The summed E-state index contributed by atoms with van der Waals surface area (Å²) in [5.74, 6) is 6.91. The Labute approximate surface area is 68.9 Å². The fraction of sp³-hybridized carbons (Fsp3) is 1.00. The number of likely N-dealkylation sites (tertiary alicyclic amines) is 1. The summed E-state index contributed by atoms with van der Waals surface area (Å²) in [7, 11) is 0. The minimum atomic E-state index is 0.826. The number of rotatable bonds is 2. The number of hydrogen-bond donors (Lipinski definition) is 2. The van der Waals surface area contributed by atoms with Gasteiger partial charge in [0.15, 0.2) is 0 Å². The third kappa shape index (κ3) is 2.77. The Bertz CT molecular complexity index is 106. The first-order valence-corrected chi connectivity index (χ1v) is 4.38. The van der Waals surface area contributed by atoms with Crippen LogP contribution in [-0.2, 0) is 0 Å². The first-order valence-electron chi connectivity index (χ1n) is 4.38. The maximum absolute atomic E-state index is 5.26. The molecule has 0 aliphatic carbocycles. The van der Waals surface area contributed by atoms with E-state index in [0.717, 1.165) is 18.5 Å². The lowest BCUT2D eigenvalue weighted by molar-refractivity contribution is 0.132. The lowest BCUT2D eigenvalue weighted by atomic mass is 9.92. The smallest absolute Gasteiger partial charge is 0.0612 e. The van der Waals surface area contributed by atoms with Crippen molar-refractivity contribution in [3.63, 3.8) is 0 Å². The molecule has 1 fully saturated rings. The maximum Gasteiger partial charge on any atom is 0.0612 e. The Kier molecular flexibility index (Phi) is 3.30. The highest BCUT2D eigenvalue weighted by Gasteiger charge is 2.20. The topological polar surface area (TPSA) is 41.3 Å². The highest BCUT2D eigenvalue weighted by molar-refractivity contribution is 4.73. The van der Waals surface area contributed by atoms with Gasteiger partial charge in [-0.15, -0.1) is 0 Å². The van der Waals surface area contributed by atoms with Crippen molar-refractivity contribution in [1.82, 2.24) is 10.3 Å². The van der Waals surface area contributed by atoms with Crippen LogP contribution < -0.4 is 11.3 Å². The zero-order valence-electron chi connectivity index (χ0n) is 7.51. The molecule has 3 N–H and O–H groups in total. The van der Waals surface area contributed by atoms with Gasteiger partial charge >= 0.3 is 0 Å². The van der Waals surface area contributed by atoms with Gasteiger partial charge in [-0.05, 0) is 18.3 Å². The molecule has 3 nitrogen and oxygen atoms in total. The molecule has 11 heavy (non-hydrogen) atoms. The van der Waals surface area contributed by atoms with Crippen molar-refractivity contribution in [2.45, 2.75) is 20.3 Å². The van der Waals surface area contributed by atoms with Crippen LogP contribution in [-0.4, -0.2) is 24.7 Å². The standard InChI is InChI=1S/C8H19N3/c1-7-3-8(2)5-11(4-7)6-10-9/h7-8,10H,3-6,9H2,1-2H3. The summed E-state index contributed by atoms with van der Waals surface area (Å²) in [5.41, 5.74) is 2.70. The third-order valence-electron chi connectivity index (χ3n) is 2.26. The molecule has 2 atom stereocenters. The molecular formula is C8H19N3. The van der Waals surface area contributed by atoms with Gasteiger partial charge in [-0.2, -0.15) is 0 Å². The molecule has 0 aromatic heterocycles. The van der Waals surface area contributed by atoms with Gasteiger partial charge in [0.05, 0.1) is 6.67 Å². The summed E-state index contributed by atoms with van der Waals surface area (Å²) in [6.45, 7) is 7.82. The second-order valence-corrected chi connectivity index (χ2v) is 3.84. The van der Waals surface area contributed by atoms with Crippen LogP contribution in [0.2, 0.25) is 0 Å². The van der Waals surface area contributed by atoms with Crippen LogP contribution in [0, 0.1) is 11.8 Å². The SMILES string of the molecule is CC1CC(C)CN(CNN)C1. The quantitative estimate of drug-likeness (QED) is 0.450. The molecule has 1 rings (SSSR count). The molecule has 2 unspecified atom stereocenters. The van der Waals surface area contributed by atoms with E-state index in [9.17, 15) is 0 Å². The third-order valence-corrected chi connectivity index (χ3v) is 2.26. The zero-order valence-corrected chi connectivity index (χ0v) is 7.51. The van der Waals surface area contributed by atoms with Crippen LogP contribution in [0.15, 0.2) is 0 Å². The monoisotopic (exact) mass is 157 g/mol. The van der Waals surface area contributed by atoms with Gasteiger partial charge < -0.3 is 0 Å². The normalized spacial score (nSPS) is 34.1. The number of hydrazine groups is 1. The molecule has 3 heteroatoms. The fourth-order valence-electron chi connectivity index (χ4n) is 2.05. The fourth-order valence-corrected chi connectivity index (χ4v) is 2.05. The lowest BCUT2D eigenvalue weighted by Gasteiger charge is -2.34. The number of nitrogens with zero attached hydrogens (tertiary/aromatic N) is 1. The number of piperidine rings is 1. The summed E-state index contributed by atoms with van der Waals surface area (Å²) in [6, 6.07) is 0. The van der Waals surface area contributed by atoms with Crippen molar-refractivity contribution in [1.29, 1.82) is 0 Å². The van der Waals surface area contributed by atoms with E-state index in [1.165, 1.54) is 19.5 Å². The van der Waals surface area contributed by atoms with Gasteiger partial charge in [-0.25, -0.2) is 5.43 Å². The van der Waals surface area contributed by atoms with Crippen LogP contribution in [0.3, 0.4) is 0 Å². The Balaban J connectivity index is 2.30. The molecule has 1 aliphatic rings. The van der Waals surface area contributed by atoms with E-state index < -0.39 is 0 Å². The highest BCUT2D eigenvalue weighted by Crippen LogP contribution is 2.19. The van der Waals surface area contributed by atoms with E-state index in [1.54, 1.807) is 0 Å². The largest absolute Gasteiger partial charge is 0.289 e. The Morgan fingerprint density at radius 2 is 1.91 bits per heavy atom. The minimum absolute atomic E-state index is 0.826. The summed E-state index contributed by atoms with van der Waals surface area (Å²) in [6.07, 6.45) is 1.36. The molecular weight excluding hydrogens is 138 g/mol. The van der Waals surface area contributed by atoms with Crippen LogP contribution in [0.4, 0.5) is 0 Å². The summed E-state index contributed by atoms with van der Waals surface area (Å²) >= 11 is 0. The molecule has 66 valence electrons. The van der Waals surface area contributed by atoms with Crippen LogP contribution >= 0.6 is 0 Å². The summed E-state index contributed by atoms with van der Waals surface area (Å²) in [4.78, 5) is 2.37. The lowest BCUT2D eigenvalue weighted by Crippen LogP contribution is -2.45. The minimum Gasteiger partial charge on any atom is -0.289 e. The van der Waals surface area contributed by atoms with E-state index in [1.807, 2.05) is 0 Å². The van der Waals surface area contributed by atoms with E-state index in [0.29, 0.717) is 0 Å². The highest BCUT2D eigenvalue weighted by atomic mass is 15.3. The Morgan fingerprint density at radius 3 is 2.36 bits per heavy atom. The van der Waals surface area contributed by atoms with Crippen molar-refractivity contribution < 1.29 is 0 Å². The molecule has 1 aliphatic heterocycles. The zero-order chi connectivity index (χ0) is 8.27. The van der Waals surface area contributed by atoms with E-state index >= 15 is 0 Å². The Morgan fingerprint density at radius 1 is 1.36 bits per heavy atom. The van der Waals surface area contributed by atoms with Gasteiger partial charge in [0.2, 0.25) is 0 Å². The van der Waals surface area contributed by atoms with Crippen molar-refractivity contribution in [3.8, 4) is 0 Å². The predicted octanol–water partition coefficient (Wildman–Crippen LogP) is 0.385. The van der Waals surface area contributed by atoms with Gasteiger partial charge in [-0.1, -0.05) is 13.8 Å². The average molecular weight is 157 g/mol. The van der Waals surface area contributed by atoms with Crippen LogP contribution in [0.25, 0.3) is 0 Å². The molecule has 0 amide bonds. The Hall–Kier alpha value is -0.120. The molecule has 0 aromatic rings. The van der Waals surface area contributed by atoms with Gasteiger partial charge in [0, 0.05) is 13.1 Å². The second kappa shape index (κ2) is 4.04. The first-order chi connectivity index (χ1) is 5.22. The molecule has 0 bridgehead atoms. The van der Waals surface area contributed by atoms with Gasteiger partial charge in [0.1, 0.15) is 0 Å². The average Bonchev–Trinajstić information content (AvgIpc) is 1.85. The summed E-state index contributed by atoms with van der Waals surface area (Å²) in [5, 5.41) is 0. The van der Waals surface area contributed by atoms with E-state index in [-0.39, 0.29) is 0 Å². The van der Waals surface area contributed by atoms with Crippen molar-refractivity contribution in [2.24, 2.45) is 17.7 Å². The number of hydrogen-bond acceptors (Lipinski definition) is 3. The van der Waals surface area contributed by atoms with Crippen molar-refractivity contribution in [2.75, 3.05) is 19.8 Å². The number of nitrogens with one attached hydrogen (secondary N) is 1. The van der Waals surface area contributed by atoms with E-state index in [4.69, 9.17) is 5.84 Å². The second-order valence-electron chi connectivity index (χ2n) is 3.84. The molecule has 0 saturated carbocycles. The predicted molar refractivity (Wildman–Crippen MR) is 46.7 cm³/mol. The molecule has 1 saturated heterocycles. The van der Waals surface area contributed by atoms with Crippen molar-refractivity contribution in [3.05, 3.63) is 0 Å². The summed E-state index contributed by atoms with van der Waals surface area (Å²) < 4.78 is 0. The first kappa shape index (κ1) is 8.97.